The maximum atomic E-state index is 5.97. The summed E-state index contributed by atoms with van der Waals surface area (Å²) < 4.78 is 5.97. The molecule has 0 saturated carbocycles. The van der Waals surface area contributed by atoms with Gasteiger partial charge < -0.3 is 15.4 Å². The number of hydrogen-bond donors (Lipinski definition) is 1. The van der Waals surface area contributed by atoms with Crippen molar-refractivity contribution < 1.29 is 4.74 Å². The molecule has 0 unspecified atom stereocenters. The van der Waals surface area contributed by atoms with Crippen molar-refractivity contribution in [3.05, 3.63) is 53.6 Å². The third kappa shape index (κ3) is 3.26. The van der Waals surface area contributed by atoms with Crippen LogP contribution >= 0.6 is 0 Å². The second kappa shape index (κ2) is 5.76. The first kappa shape index (κ1) is 13.4. The normalized spacial score (nSPS) is 10.3. The van der Waals surface area contributed by atoms with Crippen molar-refractivity contribution in [3.63, 3.8) is 0 Å². The lowest BCUT2D eigenvalue weighted by atomic mass is 10.1. The van der Waals surface area contributed by atoms with Crippen molar-refractivity contribution in [2.75, 3.05) is 19.0 Å². The van der Waals surface area contributed by atoms with Gasteiger partial charge in [-0.15, -0.1) is 0 Å². The fraction of sp³-hybridized carbons (Fsp3) is 0.250. The molecule has 2 N–H and O–H groups in total. The molecule has 19 heavy (non-hydrogen) atoms. The molecule has 3 nitrogen and oxygen atoms in total. The predicted octanol–water partition coefficient (Wildman–Crippen LogP) is 3.31. The van der Waals surface area contributed by atoms with E-state index in [0.717, 1.165) is 28.3 Å². The highest BCUT2D eigenvalue weighted by Crippen LogP contribution is 2.28. The quantitative estimate of drug-likeness (QED) is 0.912. The SMILES string of the molecule is Cc1ccc(CN)c(Oc2cccc(N(C)C)c2)c1. The van der Waals surface area contributed by atoms with Gasteiger partial charge in [-0.1, -0.05) is 18.2 Å². The van der Waals surface area contributed by atoms with Crippen LogP contribution in [0.1, 0.15) is 11.1 Å². The molecule has 0 aromatic heterocycles. The van der Waals surface area contributed by atoms with Gasteiger partial charge in [0, 0.05) is 38.0 Å². The number of aryl methyl sites for hydroxylation is 1. The Kier molecular flexibility index (Phi) is 4.07. The van der Waals surface area contributed by atoms with Crippen molar-refractivity contribution in [1.82, 2.24) is 0 Å². The van der Waals surface area contributed by atoms with Crippen LogP contribution in [0.5, 0.6) is 11.5 Å². The van der Waals surface area contributed by atoms with E-state index in [2.05, 4.69) is 0 Å². The molecule has 0 atom stereocenters. The topological polar surface area (TPSA) is 38.5 Å². The molecular weight excluding hydrogens is 236 g/mol. The number of anilines is 1. The van der Waals surface area contributed by atoms with Crippen LogP contribution in [0.2, 0.25) is 0 Å². The first-order chi connectivity index (χ1) is 9.10. The molecule has 100 valence electrons. The molecule has 0 aliphatic heterocycles. The van der Waals surface area contributed by atoms with Crippen molar-refractivity contribution in [1.29, 1.82) is 0 Å². The van der Waals surface area contributed by atoms with Crippen LogP contribution in [0, 0.1) is 6.92 Å². The van der Waals surface area contributed by atoms with Crippen LogP contribution in [-0.2, 0) is 6.54 Å². The molecule has 0 heterocycles. The van der Waals surface area contributed by atoms with Gasteiger partial charge in [-0.3, -0.25) is 0 Å². The lowest BCUT2D eigenvalue weighted by Gasteiger charge is -2.15. The lowest BCUT2D eigenvalue weighted by Crippen LogP contribution is -2.08. The molecule has 0 amide bonds. The lowest BCUT2D eigenvalue weighted by molar-refractivity contribution is 0.476. The van der Waals surface area contributed by atoms with E-state index in [-0.39, 0.29) is 0 Å². The largest absolute Gasteiger partial charge is 0.457 e. The summed E-state index contributed by atoms with van der Waals surface area (Å²) in [7, 11) is 4.02. The van der Waals surface area contributed by atoms with Gasteiger partial charge in [0.15, 0.2) is 0 Å². The molecule has 0 fully saturated rings. The maximum absolute atomic E-state index is 5.97. The Morgan fingerprint density at radius 2 is 1.89 bits per heavy atom. The van der Waals surface area contributed by atoms with E-state index >= 15 is 0 Å². The highest BCUT2D eigenvalue weighted by Gasteiger charge is 2.05. The Balaban J connectivity index is 2.30. The fourth-order valence-corrected chi connectivity index (χ4v) is 1.88. The first-order valence-corrected chi connectivity index (χ1v) is 6.35. The minimum Gasteiger partial charge on any atom is -0.457 e. The summed E-state index contributed by atoms with van der Waals surface area (Å²) in [6.07, 6.45) is 0. The zero-order chi connectivity index (χ0) is 13.8. The standard InChI is InChI=1S/C16H20N2O/c1-12-7-8-13(11-17)16(9-12)19-15-6-4-5-14(10-15)18(2)3/h4-10H,11,17H2,1-3H3. The van der Waals surface area contributed by atoms with Crippen LogP contribution < -0.4 is 15.4 Å². The number of ether oxygens (including phenoxy) is 1. The Morgan fingerprint density at radius 1 is 1.11 bits per heavy atom. The van der Waals surface area contributed by atoms with Crippen LogP contribution in [0.4, 0.5) is 5.69 Å². The first-order valence-electron chi connectivity index (χ1n) is 6.35. The average molecular weight is 256 g/mol. The summed E-state index contributed by atoms with van der Waals surface area (Å²) in [5.74, 6) is 1.66. The molecule has 0 radical (unpaired) electrons. The van der Waals surface area contributed by atoms with E-state index < -0.39 is 0 Å². The van der Waals surface area contributed by atoms with E-state index in [1.165, 1.54) is 0 Å². The summed E-state index contributed by atoms with van der Waals surface area (Å²) in [5.41, 5.74) is 9.03. The number of rotatable bonds is 4. The molecule has 0 spiro atoms. The number of hydrogen-bond acceptors (Lipinski definition) is 3. The Morgan fingerprint density at radius 3 is 2.58 bits per heavy atom. The maximum Gasteiger partial charge on any atom is 0.132 e. The van der Waals surface area contributed by atoms with E-state index in [1.54, 1.807) is 0 Å². The predicted molar refractivity (Wildman–Crippen MR) is 79.9 cm³/mol. The Labute approximate surface area is 114 Å². The van der Waals surface area contributed by atoms with Gasteiger partial charge in [0.1, 0.15) is 11.5 Å². The second-order valence-electron chi connectivity index (χ2n) is 4.81. The number of nitrogens with zero attached hydrogens (tertiary/aromatic N) is 1. The van der Waals surface area contributed by atoms with Crippen molar-refractivity contribution >= 4 is 5.69 Å². The van der Waals surface area contributed by atoms with Crippen molar-refractivity contribution in [2.24, 2.45) is 5.73 Å². The molecule has 3 heteroatoms. The molecule has 2 rings (SSSR count). The molecule has 2 aromatic rings. The van der Waals surface area contributed by atoms with Gasteiger partial charge in [-0.05, 0) is 30.7 Å². The Hall–Kier alpha value is -2.00. The van der Waals surface area contributed by atoms with E-state index in [4.69, 9.17) is 10.5 Å². The molecule has 0 aliphatic carbocycles. The highest BCUT2D eigenvalue weighted by atomic mass is 16.5. The Bertz CT molecular complexity index is 564. The van der Waals surface area contributed by atoms with Gasteiger partial charge in [0.05, 0.1) is 0 Å². The zero-order valence-electron chi connectivity index (χ0n) is 11.7. The highest BCUT2D eigenvalue weighted by molar-refractivity contribution is 5.51. The molecule has 0 aliphatic rings. The third-order valence-electron chi connectivity index (χ3n) is 3.00. The van der Waals surface area contributed by atoms with E-state index in [1.807, 2.05) is 68.4 Å². The molecular formula is C16H20N2O. The minimum absolute atomic E-state index is 0.475. The number of nitrogens with two attached hydrogens (primary N) is 1. The van der Waals surface area contributed by atoms with Crippen LogP contribution in [0.25, 0.3) is 0 Å². The third-order valence-corrected chi connectivity index (χ3v) is 3.00. The average Bonchev–Trinajstić information content (AvgIpc) is 2.39. The molecule has 0 bridgehead atoms. The zero-order valence-corrected chi connectivity index (χ0v) is 11.7. The van der Waals surface area contributed by atoms with E-state index in [0.29, 0.717) is 6.54 Å². The monoisotopic (exact) mass is 256 g/mol. The van der Waals surface area contributed by atoms with Gasteiger partial charge >= 0.3 is 0 Å². The smallest absolute Gasteiger partial charge is 0.132 e. The van der Waals surface area contributed by atoms with Gasteiger partial charge in [0.25, 0.3) is 0 Å². The fourth-order valence-electron chi connectivity index (χ4n) is 1.88. The summed E-state index contributed by atoms with van der Waals surface area (Å²) in [4.78, 5) is 2.05. The van der Waals surface area contributed by atoms with Crippen molar-refractivity contribution in [2.45, 2.75) is 13.5 Å². The minimum atomic E-state index is 0.475. The van der Waals surface area contributed by atoms with Gasteiger partial charge in [-0.2, -0.15) is 0 Å². The second-order valence-corrected chi connectivity index (χ2v) is 4.81. The van der Waals surface area contributed by atoms with Crippen LogP contribution in [0.15, 0.2) is 42.5 Å². The summed E-state index contributed by atoms with van der Waals surface area (Å²) in [6, 6.07) is 14.1. The van der Waals surface area contributed by atoms with Crippen LogP contribution in [0.3, 0.4) is 0 Å². The van der Waals surface area contributed by atoms with Crippen molar-refractivity contribution in [3.8, 4) is 11.5 Å². The summed E-state index contributed by atoms with van der Waals surface area (Å²) >= 11 is 0. The number of benzene rings is 2. The van der Waals surface area contributed by atoms with Gasteiger partial charge in [-0.25, -0.2) is 0 Å². The molecule has 0 saturated heterocycles. The summed E-state index contributed by atoms with van der Waals surface area (Å²) in [6.45, 7) is 2.52. The molecule has 2 aromatic carbocycles. The summed E-state index contributed by atoms with van der Waals surface area (Å²) in [5, 5.41) is 0. The van der Waals surface area contributed by atoms with E-state index in [9.17, 15) is 0 Å². The van der Waals surface area contributed by atoms with Gasteiger partial charge in [0.2, 0.25) is 0 Å². The van der Waals surface area contributed by atoms with Crippen LogP contribution in [-0.4, -0.2) is 14.1 Å².